The second-order valence-corrected chi connectivity index (χ2v) is 3.13. The van der Waals surface area contributed by atoms with E-state index in [-0.39, 0.29) is 0 Å². The van der Waals surface area contributed by atoms with Crippen molar-refractivity contribution in [3.05, 3.63) is 0 Å². The first-order valence-electron chi connectivity index (χ1n) is 4.01. The monoisotopic (exact) mass is 123 g/mol. The molecule has 0 aliphatic carbocycles. The highest BCUT2D eigenvalue weighted by Crippen LogP contribution is 2.24. The molecule has 1 heteroatoms. The average molecular weight is 123 g/mol. The van der Waals surface area contributed by atoms with E-state index in [2.05, 4.69) is 4.99 Å². The Balaban J connectivity index is 2.15. The SMILES string of the molecule is C1CC2=NC(C1)CCC2. The maximum atomic E-state index is 4.60. The standard InChI is InChI=1S/C8H13N/c1-3-7-5-2-6-8(4-1)9-7/h7H,1-6H2. The van der Waals surface area contributed by atoms with Gasteiger partial charge in [-0.1, -0.05) is 0 Å². The number of hydrogen-bond acceptors (Lipinski definition) is 1. The van der Waals surface area contributed by atoms with Crippen molar-refractivity contribution in [3.63, 3.8) is 0 Å². The molecule has 2 aliphatic rings. The van der Waals surface area contributed by atoms with Gasteiger partial charge in [-0.3, -0.25) is 4.99 Å². The quantitative estimate of drug-likeness (QED) is 0.468. The molecule has 0 saturated heterocycles. The van der Waals surface area contributed by atoms with Gasteiger partial charge in [0.1, 0.15) is 0 Å². The molecule has 2 aliphatic heterocycles. The number of nitrogens with zero attached hydrogens (tertiary/aromatic N) is 1. The van der Waals surface area contributed by atoms with Crippen molar-refractivity contribution in [2.24, 2.45) is 4.99 Å². The van der Waals surface area contributed by atoms with Crippen LogP contribution >= 0.6 is 0 Å². The predicted molar refractivity (Wildman–Crippen MR) is 38.9 cm³/mol. The largest absolute Gasteiger partial charge is 0.291 e. The summed E-state index contributed by atoms with van der Waals surface area (Å²) in [6, 6.07) is 0.738. The third-order valence-electron chi connectivity index (χ3n) is 2.37. The lowest BCUT2D eigenvalue weighted by Gasteiger charge is -2.24. The predicted octanol–water partition coefficient (Wildman–Crippen LogP) is 2.16. The molecular weight excluding hydrogens is 110 g/mol. The molecule has 9 heavy (non-hydrogen) atoms. The van der Waals surface area contributed by atoms with E-state index in [4.69, 9.17) is 0 Å². The molecule has 1 nitrogen and oxygen atoms in total. The zero-order chi connectivity index (χ0) is 6.10. The third kappa shape index (κ3) is 1.00. The van der Waals surface area contributed by atoms with E-state index in [1.54, 1.807) is 0 Å². The molecule has 0 aromatic rings. The van der Waals surface area contributed by atoms with Crippen molar-refractivity contribution in [2.75, 3.05) is 0 Å². The van der Waals surface area contributed by atoms with Crippen LogP contribution in [0, 0.1) is 0 Å². The minimum absolute atomic E-state index is 0.738. The maximum Gasteiger partial charge on any atom is 0.0499 e. The van der Waals surface area contributed by atoms with Gasteiger partial charge in [0.15, 0.2) is 0 Å². The second-order valence-electron chi connectivity index (χ2n) is 3.13. The molecule has 0 unspecified atom stereocenters. The zero-order valence-electron chi connectivity index (χ0n) is 5.77. The van der Waals surface area contributed by atoms with Crippen LogP contribution in [0.3, 0.4) is 0 Å². The van der Waals surface area contributed by atoms with Gasteiger partial charge in [-0.05, 0) is 38.5 Å². The first-order valence-corrected chi connectivity index (χ1v) is 4.01. The Kier molecular flexibility index (Phi) is 1.29. The summed E-state index contributed by atoms with van der Waals surface area (Å²) < 4.78 is 0. The smallest absolute Gasteiger partial charge is 0.0499 e. The Labute approximate surface area is 56.2 Å². The molecule has 0 radical (unpaired) electrons. The topological polar surface area (TPSA) is 12.4 Å². The summed E-state index contributed by atoms with van der Waals surface area (Å²) in [5.74, 6) is 0. The van der Waals surface area contributed by atoms with E-state index < -0.39 is 0 Å². The van der Waals surface area contributed by atoms with Gasteiger partial charge >= 0.3 is 0 Å². The molecule has 2 heterocycles. The van der Waals surface area contributed by atoms with E-state index in [1.807, 2.05) is 0 Å². The summed E-state index contributed by atoms with van der Waals surface area (Å²) in [5, 5.41) is 0. The van der Waals surface area contributed by atoms with Crippen molar-refractivity contribution >= 4 is 5.71 Å². The first-order chi connectivity index (χ1) is 4.45. The van der Waals surface area contributed by atoms with Gasteiger partial charge in [0.05, 0.1) is 0 Å². The summed E-state index contributed by atoms with van der Waals surface area (Å²) in [7, 11) is 0. The van der Waals surface area contributed by atoms with Crippen LogP contribution in [-0.2, 0) is 0 Å². The minimum atomic E-state index is 0.738. The van der Waals surface area contributed by atoms with E-state index in [9.17, 15) is 0 Å². The van der Waals surface area contributed by atoms with Gasteiger partial charge < -0.3 is 0 Å². The van der Waals surface area contributed by atoms with Gasteiger partial charge in [0.25, 0.3) is 0 Å². The van der Waals surface area contributed by atoms with Gasteiger partial charge in [0.2, 0.25) is 0 Å². The molecule has 0 saturated carbocycles. The van der Waals surface area contributed by atoms with Crippen LogP contribution in [0.5, 0.6) is 0 Å². The fourth-order valence-corrected chi connectivity index (χ4v) is 1.87. The molecule has 0 aromatic heterocycles. The highest BCUT2D eigenvalue weighted by Gasteiger charge is 2.18. The minimum Gasteiger partial charge on any atom is -0.291 e. The Morgan fingerprint density at radius 1 is 1.11 bits per heavy atom. The van der Waals surface area contributed by atoms with Crippen molar-refractivity contribution < 1.29 is 0 Å². The van der Waals surface area contributed by atoms with Crippen LogP contribution in [0.15, 0.2) is 4.99 Å². The summed E-state index contributed by atoms with van der Waals surface area (Å²) >= 11 is 0. The van der Waals surface area contributed by atoms with Crippen LogP contribution in [0.4, 0.5) is 0 Å². The summed E-state index contributed by atoms with van der Waals surface area (Å²) in [5.41, 5.74) is 1.51. The van der Waals surface area contributed by atoms with Crippen molar-refractivity contribution in [1.29, 1.82) is 0 Å². The van der Waals surface area contributed by atoms with Crippen LogP contribution in [0.2, 0.25) is 0 Å². The van der Waals surface area contributed by atoms with E-state index >= 15 is 0 Å². The Hall–Kier alpha value is -0.330. The Morgan fingerprint density at radius 3 is 2.22 bits per heavy atom. The Morgan fingerprint density at radius 2 is 1.78 bits per heavy atom. The number of aliphatic imine (C=N–C) groups is 1. The van der Waals surface area contributed by atoms with Gasteiger partial charge in [0, 0.05) is 11.8 Å². The molecule has 0 spiro atoms. The van der Waals surface area contributed by atoms with Crippen molar-refractivity contribution in [1.82, 2.24) is 0 Å². The lowest BCUT2D eigenvalue weighted by atomic mass is 9.91. The van der Waals surface area contributed by atoms with E-state index in [0.717, 1.165) is 6.04 Å². The second kappa shape index (κ2) is 2.13. The molecule has 50 valence electrons. The lowest BCUT2D eigenvalue weighted by molar-refractivity contribution is 0.488. The lowest BCUT2D eigenvalue weighted by Crippen LogP contribution is -2.20. The molecular formula is C8H13N. The highest BCUT2D eigenvalue weighted by molar-refractivity contribution is 5.85. The summed E-state index contributed by atoms with van der Waals surface area (Å²) in [4.78, 5) is 4.60. The number of rotatable bonds is 0. The van der Waals surface area contributed by atoms with Gasteiger partial charge in [-0.25, -0.2) is 0 Å². The molecule has 2 rings (SSSR count). The van der Waals surface area contributed by atoms with Crippen molar-refractivity contribution in [3.8, 4) is 0 Å². The first kappa shape index (κ1) is 5.45. The molecule has 0 aromatic carbocycles. The number of hydrogen-bond donors (Lipinski definition) is 0. The highest BCUT2D eigenvalue weighted by atomic mass is 14.8. The third-order valence-corrected chi connectivity index (χ3v) is 2.37. The Bertz CT molecular complexity index is 126. The van der Waals surface area contributed by atoms with E-state index in [1.165, 1.54) is 44.2 Å². The van der Waals surface area contributed by atoms with Gasteiger partial charge in [-0.2, -0.15) is 0 Å². The molecule has 0 fully saturated rings. The normalized spacial score (nSPS) is 27.8. The molecule has 2 bridgehead atoms. The van der Waals surface area contributed by atoms with Crippen LogP contribution < -0.4 is 0 Å². The summed E-state index contributed by atoms with van der Waals surface area (Å²) in [6.45, 7) is 0. The van der Waals surface area contributed by atoms with Crippen LogP contribution in [-0.4, -0.2) is 11.8 Å². The molecule has 0 amide bonds. The molecule has 0 N–H and O–H groups in total. The van der Waals surface area contributed by atoms with E-state index in [0.29, 0.717) is 0 Å². The average Bonchev–Trinajstić information content (AvgIpc) is 1.88. The molecule has 0 atom stereocenters. The van der Waals surface area contributed by atoms with Crippen LogP contribution in [0.1, 0.15) is 38.5 Å². The summed E-state index contributed by atoms with van der Waals surface area (Å²) in [6.07, 6.45) is 8.15. The van der Waals surface area contributed by atoms with Crippen molar-refractivity contribution in [2.45, 2.75) is 44.6 Å². The van der Waals surface area contributed by atoms with Crippen LogP contribution in [0.25, 0.3) is 0 Å². The fourth-order valence-electron chi connectivity index (χ4n) is 1.87. The fraction of sp³-hybridized carbons (Fsp3) is 0.875. The zero-order valence-corrected chi connectivity index (χ0v) is 5.77. The number of fused-ring (bicyclic) bond motifs is 1. The maximum absolute atomic E-state index is 4.60. The van der Waals surface area contributed by atoms with Gasteiger partial charge in [-0.15, -0.1) is 0 Å².